The van der Waals surface area contributed by atoms with E-state index in [2.05, 4.69) is 9.88 Å². The van der Waals surface area contributed by atoms with Crippen LogP contribution < -0.4 is 0 Å². The Labute approximate surface area is 57.1 Å². The van der Waals surface area contributed by atoms with Gasteiger partial charge in [-0.15, -0.1) is 10.1 Å². The van der Waals surface area contributed by atoms with Crippen LogP contribution in [0.15, 0.2) is 0 Å². The molecule has 11 nitrogen and oxygen atoms in total. The molecule has 11 heteroatoms. The summed E-state index contributed by atoms with van der Waals surface area (Å²) in [5, 5.41) is 12.8. The van der Waals surface area contributed by atoms with Crippen molar-refractivity contribution in [1.82, 2.24) is 0 Å². The smallest absolute Gasteiger partial charge is 0.412 e. The van der Waals surface area contributed by atoms with Gasteiger partial charge in [-0.1, -0.05) is 0 Å². The van der Waals surface area contributed by atoms with Gasteiger partial charge >= 0.3 is 15.3 Å². The first-order chi connectivity index (χ1) is 4.52. The Balaban J connectivity index is 0. The van der Waals surface area contributed by atoms with E-state index in [0.29, 0.717) is 0 Å². The predicted octanol–water partition coefficient (Wildman–Crippen LogP) is -1.92. The summed E-state index contributed by atoms with van der Waals surface area (Å²) in [7, 11) is 0. The van der Waals surface area contributed by atoms with Gasteiger partial charge in [-0.25, -0.2) is 0 Å². The summed E-state index contributed by atoms with van der Waals surface area (Å²) in [4.78, 5) is 34.2. The predicted molar refractivity (Wildman–Crippen MR) is 21.8 cm³/mol. The quantitative estimate of drug-likeness (QED) is 0.383. The molecule has 0 saturated carbocycles. The lowest BCUT2D eigenvalue weighted by atomic mass is 12.8. The van der Waals surface area contributed by atoms with Crippen molar-refractivity contribution in [2.45, 2.75) is 0 Å². The van der Waals surface area contributed by atoms with Crippen molar-refractivity contribution in [3.63, 3.8) is 0 Å². The average molecular weight is 173 g/mol. The van der Waals surface area contributed by atoms with E-state index in [1.807, 2.05) is 0 Å². The molecular weight excluding hydrogens is 170 g/mol. The van der Waals surface area contributed by atoms with Gasteiger partial charge in [-0.2, -0.15) is 5.21 Å². The SMILES string of the molecule is O.O=[N+]([O-])O[N+](=O)O[N+](=O)O. The van der Waals surface area contributed by atoms with E-state index >= 15 is 0 Å². The fourth-order valence-electron chi connectivity index (χ4n) is 0.126. The molecule has 0 bridgehead atoms. The van der Waals surface area contributed by atoms with Crippen LogP contribution >= 0.6 is 0 Å². The summed E-state index contributed by atoms with van der Waals surface area (Å²) >= 11 is 0. The van der Waals surface area contributed by atoms with E-state index in [4.69, 9.17) is 5.21 Å². The molecule has 11 heavy (non-hydrogen) atoms. The Kier molecular flexibility index (Phi) is 5.12. The number of nitrogens with zero attached hydrogens (tertiary/aromatic N) is 3. The van der Waals surface area contributed by atoms with Crippen molar-refractivity contribution >= 4 is 0 Å². The Morgan fingerprint density at radius 3 is 1.91 bits per heavy atom. The zero-order valence-corrected chi connectivity index (χ0v) is 4.74. The zero-order valence-electron chi connectivity index (χ0n) is 4.74. The summed E-state index contributed by atoms with van der Waals surface area (Å²) in [6.45, 7) is 0. The molecule has 0 aromatic rings. The third-order valence-electron chi connectivity index (χ3n) is 0.270. The standard InChI is InChI=1S/HN3O7.H2O/c4-1(5)9-3(8)10-2(6)7;/h(H,4,5);1H2/q+2;. The van der Waals surface area contributed by atoms with Gasteiger partial charge < -0.3 is 5.48 Å². The average Bonchev–Trinajstić information content (AvgIpc) is 1.58. The van der Waals surface area contributed by atoms with Gasteiger partial charge in [0.25, 0.3) is 0 Å². The van der Waals surface area contributed by atoms with Gasteiger partial charge in [-0.05, 0) is 0 Å². The van der Waals surface area contributed by atoms with Gasteiger partial charge in [0.15, 0.2) is 0 Å². The molecular formula is H3N3O8+2. The number of rotatable bonds is 4. The van der Waals surface area contributed by atoms with Crippen LogP contribution in [-0.2, 0) is 9.88 Å². The lowest BCUT2D eigenvalue weighted by molar-refractivity contribution is -1.27. The highest BCUT2D eigenvalue weighted by Gasteiger charge is 2.30. The minimum atomic E-state index is -1.53. The Bertz CT molecular complexity index is 152. The van der Waals surface area contributed by atoms with Crippen LogP contribution in [0, 0.1) is 19.9 Å². The van der Waals surface area contributed by atoms with Crippen molar-refractivity contribution in [2.75, 3.05) is 0 Å². The van der Waals surface area contributed by atoms with Crippen molar-refractivity contribution in [1.29, 1.82) is 0 Å². The van der Waals surface area contributed by atoms with Crippen LogP contribution in [0.3, 0.4) is 0 Å². The lowest BCUT2D eigenvalue weighted by Gasteiger charge is -1.71. The van der Waals surface area contributed by atoms with Crippen molar-refractivity contribution in [2.24, 2.45) is 0 Å². The Hall–Kier alpha value is -2.04. The minimum absolute atomic E-state index is 0. The maximum Gasteiger partial charge on any atom is 0.548 e. The second-order valence-corrected chi connectivity index (χ2v) is 0.848. The van der Waals surface area contributed by atoms with Crippen LogP contribution in [-0.4, -0.2) is 25.9 Å². The fraction of sp³-hybridized carbons (Fsp3) is 0. The van der Waals surface area contributed by atoms with Gasteiger partial charge in [0.1, 0.15) is 9.81 Å². The third kappa shape index (κ3) is 7.96. The molecule has 0 atom stereocenters. The molecule has 0 aliphatic carbocycles. The second-order valence-electron chi connectivity index (χ2n) is 0.848. The molecule has 0 fully saturated rings. The normalized spacial score (nSPS) is 7.27. The van der Waals surface area contributed by atoms with Gasteiger partial charge in [0, 0.05) is 0 Å². The molecule has 0 radical (unpaired) electrons. The van der Waals surface area contributed by atoms with E-state index in [-0.39, 0.29) is 5.48 Å². The van der Waals surface area contributed by atoms with Gasteiger partial charge in [-0.3, -0.25) is 0 Å². The van der Waals surface area contributed by atoms with Crippen LogP contribution in [0.5, 0.6) is 0 Å². The largest absolute Gasteiger partial charge is 0.548 e. The monoisotopic (exact) mass is 173 g/mol. The van der Waals surface area contributed by atoms with Crippen molar-refractivity contribution in [3.8, 4) is 0 Å². The lowest BCUT2D eigenvalue weighted by Crippen LogP contribution is -2.19. The molecule has 0 rings (SSSR count). The highest BCUT2D eigenvalue weighted by molar-refractivity contribution is 3.85. The second kappa shape index (κ2) is 4.80. The fourth-order valence-corrected chi connectivity index (χ4v) is 0.126. The Morgan fingerprint density at radius 1 is 1.18 bits per heavy atom. The first-order valence-electron chi connectivity index (χ1n) is 1.66. The van der Waals surface area contributed by atoms with E-state index < -0.39 is 15.3 Å². The van der Waals surface area contributed by atoms with Crippen LogP contribution in [0.1, 0.15) is 0 Å². The van der Waals surface area contributed by atoms with E-state index in [1.165, 1.54) is 0 Å². The summed E-state index contributed by atoms with van der Waals surface area (Å²) in [6.07, 6.45) is 0. The highest BCUT2D eigenvalue weighted by Crippen LogP contribution is 1.79. The zero-order chi connectivity index (χ0) is 8.15. The van der Waals surface area contributed by atoms with Crippen molar-refractivity contribution < 1.29 is 35.8 Å². The molecule has 0 aromatic carbocycles. The van der Waals surface area contributed by atoms with Crippen LogP contribution in [0.25, 0.3) is 0 Å². The van der Waals surface area contributed by atoms with Crippen LogP contribution in [0.2, 0.25) is 0 Å². The molecule has 0 spiro atoms. The Morgan fingerprint density at radius 2 is 1.64 bits per heavy atom. The molecule has 64 valence electrons. The number of hydrogen-bond donors (Lipinski definition) is 1. The summed E-state index contributed by atoms with van der Waals surface area (Å²) in [5.41, 5.74) is 0. The van der Waals surface area contributed by atoms with Gasteiger partial charge in [0.2, 0.25) is 4.94 Å². The highest BCUT2D eigenvalue weighted by atomic mass is 17.2. The number of hydrogen-bond acceptors (Lipinski definition) is 6. The van der Waals surface area contributed by atoms with Gasteiger partial charge in [0.05, 0.1) is 4.94 Å². The molecule has 0 heterocycles. The minimum Gasteiger partial charge on any atom is -0.412 e. The van der Waals surface area contributed by atoms with E-state index in [1.54, 1.807) is 0 Å². The maximum absolute atomic E-state index is 9.69. The topological polar surface area (TPSA) is 153 Å². The van der Waals surface area contributed by atoms with Crippen molar-refractivity contribution in [3.05, 3.63) is 19.9 Å². The molecule has 0 amide bonds. The molecule has 0 aliphatic heterocycles. The van der Waals surface area contributed by atoms with E-state index in [0.717, 1.165) is 0 Å². The summed E-state index contributed by atoms with van der Waals surface area (Å²) < 4.78 is 0. The summed E-state index contributed by atoms with van der Waals surface area (Å²) in [5.74, 6) is 0. The molecule has 0 unspecified atom stereocenters. The van der Waals surface area contributed by atoms with Crippen LogP contribution in [0.4, 0.5) is 0 Å². The molecule has 3 N–H and O–H groups in total. The first kappa shape index (κ1) is 11.7. The van der Waals surface area contributed by atoms with E-state index in [9.17, 15) is 19.9 Å². The summed E-state index contributed by atoms with van der Waals surface area (Å²) in [6, 6.07) is 0. The maximum atomic E-state index is 9.69. The third-order valence-corrected chi connectivity index (χ3v) is 0.270. The first-order valence-corrected chi connectivity index (χ1v) is 1.66. The molecule has 0 aliphatic rings. The molecule has 0 saturated heterocycles. The molecule has 0 aromatic heterocycles.